The minimum Gasteiger partial charge on any atom is -0.493 e. The van der Waals surface area contributed by atoms with Crippen molar-refractivity contribution in [2.45, 2.75) is 12.1 Å². The van der Waals surface area contributed by atoms with Crippen LogP contribution in [0.3, 0.4) is 0 Å². The zero-order chi connectivity index (χ0) is 20.1. The zero-order valence-corrected chi connectivity index (χ0v) is 16.7. The van der Waals surface area contributed by atoms with Crippen LogP contribution in [0.15, 0.2) is 70.9 Å². The molecular formula is C22H20N4O2S. The number of nitrogens with one attached hydrogen (secondary N) is 2. The van der Waals surface area contributed by atoms with Crippen molar-refractivity contribution in [3.8, 4) is 5.75 Å². The van der Waals surface area contributed by atoms with Crippen molar-refractivity contribution in [3.05, 3.63) is 66.2 Å². The molecule has 0 saturated heterocycles. The van der Waals surface area contributed by atoms with Gasteiger partial charge in [0, 0.05) is 5.56 Å². The summed E-state index contributed by atoms with van der Waals surface area (Å²) in [4.78, 5) is 19.8. The van der Waals surface area contributed by atoms with Crippen LogP contribution in [0.4, 0.5) is 0 Å². The van der Waals surface area contributed by atoms with Crippen LogP contribution in [0.2, 0.25) is 0 Å². The van der Waals surface area contributed by atoms with E-state index in [-0.39, 0.29) is 11.7 Å². The molecule has 0 saturated carbocycles. The van der Waals surface area contributed by atoms with Gasteiger partial charge in [0.2, 0.25) is 0 Å². The van der Waals surface area contributed by atoms with Crippen LogP contribution in [-0.2, 0) is 4.79 Å². The maximum Gasteiger partial charge on any atom is 0.250 e. The molecule has 1 aromatic heterocycles. The Morgan fingerprint density at radius 1 is 1.17 bits per heavy atom. The number of para-hydroxylation sites is 2. The molecule has 6 nitrogen and oxygen atoms in total. The van der Waals surface area contributed by atoms with Crippen LogP contribution < -0.4 is 10.2 Å². The monoisotopic (exact) mass is 404 g/mol. The van der Waals surface area contributed by atoms with Gasteiger partial charge in [-0.1, -0.05) is 54.2 Å². The largest absolute Gasteiger partial charge is 0.493 e. The van der Waals surface area contributed by atoms with Crippen molar-refractivity contribution in [3.63, 3.8) is 0 Å². The highest BCUT2D eigenvalue weighted by Crippen LogP contribution is 2.26. The molecule has 0 fully saturated rings. The van der Waals surface area contributed by atoms with Crippen molar-refractivity contribution in [2.75, 3.05) is 12.4 Å². The van der Waals surface area contributed by atoms with Gasteiger partial charge in [0.05, 0.1) is 29.6 Å². The molecule has 1 amide bonds. The molecule has 4 rings (SSSR count). The fourth-order valence-corrected chi connectivity index (χ4v) is 3.70. The molecule has 0 spiro atoms. The van der Waals surface area contributed by atoms with E-state index in [1.165, 1.54) is 11.8 Å². The quantitative estimate of drug-likeness (QED) is 0.273. The minimum atomic E-state index is -0.204. The fraction of sp³-hybridized carbons (Fsp3) is 0.136. The van der Waals surface area contributed by atoms with Gasteiger partial charge in [-0.25, -0.2) is 10.4 Å². The second-order valence-corrected chi connectivity index (χ2v) is 7.24. The van der Waals surface area contributed by atoms with Crippen molar-refractivity contribution in [2.24, 2.45) is 5.10 Å². The number of hydrogen-bond acceptors (Lipinski definition) is 5. The molecule has 0 atom stereocenters. The molecule has 0 radical (unpaired) electrons. The van der Waals surface area contributed by atoms with Gasteiger partial charge in [-0.3, -0.25) is 4.79 Å². The van der Waals surface area contributed by atoms with Crippen LogP contribution in [0.25, 0.3) is 21.8 Å². The molecule has 1 heterocycles. The lowest BCUT2D eigenvalue weighted by Crippen LogP contribution is -2.19. The van der Waals surface area contributed by atoms with Gasteiger partial charge in [0.1, 0.15) is 5.75 Å². The highest BCUT2D eigenvalue weighted by molar-refractivity contribution is 7.99. The maximum atomic E-state index is 12.2. The number of aromatic amines is 1. The zero-order valence-electron chi connectivity index (χ0n) is 15.9. The number of fused-ring (bicyclic) bond motifs is 2. The molecule has 0 bridgehead atoms. The van der Waals surface area contributed by atoms with Gasteiger partial charge in [0.15, 0.2) is 5.16 Å². The molecule has 2 N–H and O–H groups in total. The Morgan fingerprint density at radius 3 is 2.86 bits per heavy atom. The average molecular weight is 404 g/mol. The van der Waals surface area contributed by atoms with Gasteiger partial charge < -0.3 is 9.72 Å². The Morgan fingerprint density at radius 2 is 2.00 bits per heavy atom. The van der Waals surface area contributed by atoms with Crippen LogP contribution >= 0.6 is 11.8 Å². The Bertz CT molecular complexity index is 1150. The number of aromatic nitrogens is 2. The molecule has 29 heavy (non-hydrogen) atoms. The summed E-state index contributed by atoms with van der Waals surface area (Å²) < 4.78 is 5.72. The van der Waals surface area contributed by atoms with E-state index < -0.39 is 0 Å². The predicted molar refractivity (Wildman–Crippen MR) is 118 cm³/mol. The topological polar surface area (TPSA) is 79.4 Å². The van der Waals surface area contributed by atoms with Crippen molar-refractivity contribution in [1.29, 1.82) is 0 Å². The number of imidazole rings is 1. The Kier molecular flexibility index (Phi) is 5.76. The van der Waals surface area contributed by atoms with Crippen LogP contribution in [0, 0.1) is 0 Å². The maximum absolute atomic E-state index is 12.2. The van der Waals surface area contributed by atoms with Gasteiger partial charge in [-0.2, -0.15) is 5.10 Å². The Hall–Kier alpha value is -3.32. The van der Waals surface area contributed by atoms with E-state index in [0.717, 1.165) is 33.1 Å². The first kappa shape index (κ1) is 19.0. The first-order valence-corrected chi connectivity index (χ1v) is 10.3. The predicted octanol–water partition coefficient (Wildman–Crippen LogP) is 4.36. The summed E-state index contributed by atoms with van der Waals surface area (Å²) >= 11 is 1.34. The molecule has 3 aromatic carbocycles. The Labute approximate surface area is 172 Å². The van der Waals surface area contributed by atoms with Gasteiger partial charge in [-0.15, -0.1) is 0 Å². The third-order valence-electron chi connectivity index (χ3n) is 4.32. The summed E-state index contributed by atoms with van der Waals surface area (Å²) in [6.07, 6.45) is 1.64. The van der Waals surface area contributed by atoms with E-state index in [1.807, 2.05) is 67.6 Å². The summed E-state index contributed by atoms with van der Waals surface area (Å²) in [5.74, 6) is 0.746. The van der Waals surface area contributed by atoms with Crippen LogP contribution in [0.5, 0.6) is 5.75 Å². The van der Waals surface area contributed by atoms with E-state index in [1.54, 1.807) is 6.21 Å². The first-order valence-electron chi connectivity index (χ1n) is 9.28. The number of hydrogen-bond donors (Lipinski definition) is 2. The number of amides is 1. The van der Waals surface area contributed by atoms with E-state index in [4.69, 9.17) is 4.74 Å². The molecule has 7 heteroatoms. The van der Waals surface area contributed by atoms with E-state index in [9.17, 15) is 4.79 Å². The lowest BCUT2D eigenvalue weighted by molar-refractivity contribution is -0.118. The summed E-state index contributed by atoms with van der Waals surface area (Å²) in [6, 6.07) is 19.7. The number of ether oxygens (including phenoxy) is 1. The summed E-state index contributed by atoms with van der Waals surface area (Å²) in [5, 5.41) is 6.96. The highest BCUT2D eigenvalue weighted by Gasteiger charge is 2.08. The number of thioether (sulfide) groups is 1. The number of rotatable bonds is 7. The lowest BCUT2D eigenvalue weighted by atomic mass is 10.0. The molecule has 0 unspecified atom stereocenters. The van der Waals surface area contributed by atoms with E-state index in [0.29, 0.717) is 11.8 Å². The number of carbonyl (C=O) groups is 1. The van der Waals surface area contributed by atoms with Crippen LogP contribution in [0.1, 0.15) is 12.5 Å². The third-order valence-corrected chi connectivity index (χ3v) is 5.19. The third kappa shape index (κ3) is 4.41. The van der Waals surface area contributed by atoms with Gasteiger partial charge in [-0.05, 0) is 35.9 Å². The normalized spacial score (nSPS) is 11.3. The number of nitrogens with zero attached hydrogens (tertiary/aromatic N) is 2. The summed E-state index contributed by atoms with van der Waals surface area (Å²) in [6.45, 7) is 2.49. The van der Waals surface area contributed by atoms with Crippen LogP contribution in [-0.4, -0.2) is 34.4 Å². The van der Waals surface area contributed by atoms with Gasteiger partial charge in [0.25, 0.3) is 5.91 Å². The molecular weight excluding hydrogens is 384 g/mol. The smallest absolute Gasteiger partial charge is 0.250 e. The summed E-state index contributed by atoms with van der Waals surface area (Å²) in [7, 11) is 0. The molecule has 0 aliphatic carbocycles. The van der Waals surface area contributed by atoms with Crippen molar-refractivity contribution >= 4 is 45.7 Å². The molecule has 4 aromatic rings. The van der Waals surface area contributed by atoms with Crippen molar-refractivity contribution < 1.29 is 9.53 Å². The highest BCUT2D eigenvalue weighted by atomic mass is 32.2. The lowest BCUT2D eigenvalue weighted by Gasteiger charge is -2.10. The second kappa shape index (κ2) is 8.79. The van der Waals surface area contributed by atoms with Crippen molar-refractivity contribution in [1.82, 2.24) is 15.4 Å². The standard InChI is InChI=1S/C22H20N4O2S/c1-2-28-20-12-11-15-7-3-4-8-16(15)17(20)13-23-26-21(27)14-29-22-24-18-9-5-6-10-19(18)25-22/h3-13H,2,14H2,1H3,(H,24,25)(H,26,27)/b23-13+. The second-order valence-electron chi connectivity index (χ2n) is 6.27. The molecule has 146 valence electrons. The average Bonchev–Trinajstić information content (AvgIpc) is 3.17. The number of benzene rings is 3. The van der Waals surface area contributed by atoms with Gasteiger partial charge >= 0.3 is 0 Å². The molecule has 0 aliphatic heterocycles. The fourth-order valence-electron chi connectivity index (χ4n) is 3.02. The molecule has 0 aliphatic rings. The first-order chi connectivity index (χ1) is 14.2. The minimum absolute atomic E-state index is 0.204. The Balaban J connectivity index is 1.42. The van der Waals surface area contributed by atoms with E-state index >= 15 is 0 Å². The van der Waals surface area contributed by atoms with E-state index in [2.05, 4.69) is 20.5 Å². The number of carbonyl (C=O) groups excluding carboxylic acids is 1. The SMILES string of the molecule is CCOc1ccc2ccccc2c1/C=N/NC(=O)CSc1nc2ccccc2[nH]1. The number of H-pyrrole nitrogens is 1. The summed E-state index contributed by atoms with van der Waals surface area (Å²) in [5.41, 5.74) is 5.26. The number of hydrazone groups is 1.